The third-order valence-electron chi connectivity index (χ3n) is 3.24. The molecule has 0 fully saturated rings. The fraction of sp³-hybridized carbons (Fsp3) is 0.467. The zero-order valence-corrected chi connectivity index (χ0v) is 13.8. The molecule has 0 aliphatic carbocycles. The van der Waals surface area contributed by atoms with Crippen molar-refractivity contribution in [3.8, 4) is 11.4 Å². The third-order valence-corrected chi connectivity index (χ3v) is 3.89. The molecule has 1 aromatic carbocycles. The monoisotopic (exact) mass is 355 g/mol. The summed E-state index contributed by atoms with van der Waals surface area (Å²) in [7, 11) is 0. The highest BCUT2D eigenvalue weighted by Crippen LogP contribution is 2.26. The summed E-state index contributed by atoms with van der Waals surface area (Å²) >= 11 is 3.32. The molecule has 6 heteroatoms. The van der Waals surface area contributed by atoms with Gasteiger partial charge in [-0.05, 0) is 53.5 Å². The van der Waals surface area contributed by atoms with Crippen LogP contribution in [0.2, 0.25) is 0 Å². The number of benzene rings is 1. The van der Waals surface area contributed by atoms with E-state index in [-0.39, 0.29) is 5.82 Å². The molecule has 0 amide bonds. The minimum Gasteiger partial charge on any atom is -0.339 e. The Kier molecular flexibility index (Phi) is 5.87. The van der Waals surface area contributed by atoms with Crippen molar-refractivity contribution in [2.45, 2.75) is 39.2 Å². The van der Waals surface area contributed by atoms with Crippen LogP contribution in [-0.2, 0) is 6.42 Å². The van der Waals surface area contributed by atoms with Crippen molar-refractivity contribution in [2.24, 2.45) is 0 Å². The van der Waals surface area contributed by atoms with Gasteiger partial charge in [0.1, 0.15) is 5.82 Å². The van der Waals surface area contributed by atoms with Crippen LogP contribution in [0.15, 0.2) is 27.2 Å². The summed E-state index contributed by atoms with van der Waals surface area (Å²) < 4.78 is 19.0. The Bertz CT molecular complexity index is 588. The molecule has 0 aliphatic rings. The molecule has 1 heterocycles. The van der Waals surface area contributed by atoms with Gasteiger partial charge >= 0.3 is 0 Å². The van der Waals surface area contributed by atoms with Crippen molar-refractivity contribution in [3.63, 3.8) is 0 Å². The van der Waals surface area contributed by atoms with Gasteiger partial charge in [0.25, 0.3) is 0 Å². The average Bonchev–Trinajstić information content (AvgIpc) is 2.91. The molecule has 0 aliphatic heterocycles. The van der Waals surface area contributed by atoms with E-state index in [1.807, 2.05) is 0 Å². The molecule has 0 bridgehead atoms. The van der Waals surface area contributed by atoms with E-state index in [4.69, 9.17) is 4.52 Å². The lowest BCUT2D eigenvalue weighted by molar-refractivity contribution is 0.354. The van der Waals surface area contributed by atoms with Gasteiger partial charge in [-0.3, -0.25) is 0 Å². The molecule has 2 rings (SSSR count). The summed E-state index contributed by atoms with van der Waals surface area (Å²) in [5, 5.41) is 7.43. The van der Waals surface area contributed by atoms with Crippen molar-refractivity contribution in [1.82, 2.24) is 15.5 Å². The van der Waals surface area contributed by atoms with Crippen molar-refractivity contribution >= 4 is 15.9 Å². The highest BCUT2D eigenvalue weighted by molar-refractivity contribution is 9.10. The average molecular weight is 356 g/mol. The molecule has 0 saturated carbocycles. The molecule has 1 atom stereocenters. The van der Waals surface area contributed by atoms with Crippen LogP contribution in [-0.4, -0.2) is 22.7 Å². The predicted octanol–water partition coefficient (Wildman–Crippen LogP) is 3.96. The lowest BCUT2D eigenvalue weighted by Gasteiger charge is -2.13. The molecule has 1 aromatic heterocycles. The Hall–Kier alpha value is -1.27. The van der Waals surface area contributed by atoms with E-state index >= 15 is 0 Å². The second-order valence-electron chi connectivity index (χ2n) is 4.90. The number of nitrogens with one attached hydrogen (secondary N) is 1. The van der Waals surface area contributed by atoms with Crippen molar-refractivity contribution in [1.29, 1.82) is 0 Å². The normalized spacial score (nSPS) is 12.6. The quantitative estimate of drug-likeness (QED) is 0.816. The largest absolute Gasteiger partial charge is 0.339 e. The van der Waals surface area contributed by atoms with E-state index in [9.17, 15) is 4.39 Å². The van der Waals surface area contributed by atoms with Crippen LogP contribution >= 0.6 is 15.9 Å². The SMILES string of the molecule is CCCNC(CC)Cc1nc(-c2ccc(F)cc2Br)no1. The Morgan fingerprint density at radius 1 is 1.38 bits per heavy atom. The highest BCUT2D eigenvalue weighted by atomic mass is 79.9. The van der Waals surface area contributed by atoms with Gasteiger partial charge in [-0.25, -0.2) is 4.39 Å². The van der Waals surface area contributed by atoms with Crippen LogP contribution in [0, 0.1) is 5.82 Å². The van der Waals surface area contributed by atoms with E-state index in [0.29, 0.717) is 28.7 Å². The number of aromatic nitrogens is 2. The minimum atomic E-state index is -0.302. The number of halogens is 2. The van der Waals surface area contributed by atoms with Gasteiger partial charge in [0.15, 0.2) is 0 Å². The zero-order chi connectivity index (χ0) is 15.2. The first-order valence-corrected chi connectivity index (χ1v) is 7.94. The number of rotatable bonds is 7. The van der Waals surface area contributed by atoms with E-state index in [0.717, 1.165) is 24.9 Å². The van der Waals surface area contributed by atoms with Crippen LogP contribution in [0.1, 0.15) is 32.6 Å². The fourth-order valence-corrected chi connectivity index (χ4v) is 2.57. The van der Waals surface area contributed by atoms with Crippen molar-refractivity contribution < 1.29 is 8.91 Å². The molecule has 0 radical (unpaired) electrons. The standard InChI is InChI=1S/C15H19BrFN3O/c1-3-7-18-11(4-2)9-14-19-15(20-21-14)12-6-5-10(17)8-13(12)16/h5-6,8,11,18H,3-4,7,9H2,1-2H3. The van der Waals surface area contributed by atoms with E-state index in [1.54, 1.807) is 6.07 Å². The zero-order valence-electron chi connectivity index (χ0n) is 12.2. The molecule has 2 aromatic rings. The Morgan fingerprint density at radius 2 is 2.19 bits per heavy atom. The number of nitrogens with zero attached hydrogens (tertiary/aromatic N) is 2. The van der Waals surface area contributed by atoms with Crippen LogP contribution in [0.25, 0.3) is 11.4 Å². The van der Waals surface area contributed by atoms with Gasteiger partial charge in [0.2, 0.25) is 11.7 Å². The molecular weight excluding hydrogens is 337 g/mol. The van der Waals surface area contributed by atoms with E-state index < -0.39 is 0 Å². The molecule has 0 saturated heterocycles. The van der Waals surface area contributed by atoms with E-state index in [1.165, 1.54) is 12.1 Å². The third kappa shape index (κ3) is 4.35. The molecule has 0 spiro atoms. The Labute approximate surface area is 132 Å². The van der Waals surface area contributed by atoms with Gasteiger partial charge in [-0.2, -0.15) is 4.98 Å². The Balaban J connectivity index is 2.10. The van der Waals surface area contributed by atoms with Gasteiger partial charge in [0.05, 0.1) is 0 Å². The Morgan fingerprint density at radius 3 is 2.86 bits per heavy atom. The highest BCUT2D eigenvalue weighted by Gasteiger charge is 2.15. The summed E-state index contributed by atoms with van der Waals surface area (Å²) in [5.41, 5.74) is 0.723. The van der Waals surface area contributed by atoms with Crippen molar-refractivity contribution in [2.75, 3.05) is 6.54 Å². The summed E-state index contributed by atoms with van der Waals surface area (Å²) in [6, 6.07) is 4.74. The van der Waals surface area contributed by atoms with Crippen LogP contribution < -0.4 is 5.32 Å². The van der Waals surface area contributed by atoms with Crippen LogP contribution in [0.5, 0.6) is 0 Å². The van der Waals surface area contributed by atoms with E-state index in [2.05, 4.69) is 45.2 Å². The number of hydrogen-bond donors (Lipinski definition) is 1. The molecular formula is C15H19BrFN3O. The second-order valence-corrected chi connectivity index (χ2v) is 5.75. The summed E-state index contributed by atoms with van der Waals surface area (Å²) in [6.45, 7) is 5.24. The summed E-state index contributed by atoms with van der Waals surface area (Å²) in [6.07, 6.45) is 2.79. The first-order chi connectivity index (χ1) is 10.1. The van der Waals surface area contributed by atoms with Gasteiger partial charge in [-0.15, -0.1) is 0 Å². The van der Waals surface area contributed by atoms with Gasteiger partial charge in [0, 0.05) is 22.5 Å². The second kappa shape index (κ2) is 7.66. The first kappa shape index (κ1) is 16.1. The molecule has 21 heavy (non-hydrogen) atoms. The first-order valence-electron chi connectivity index (χ1n) is 7.15. The molecule has 1 N–H and O–H groups in total. The van der Waals surface area contributed by atoms with Crippen LogP contribution in [0.3, 0.4) is 0 Å². The molecule has 4 nitrogen and oxygen atoms in total. The maximum Gasteiger partial charge on any atom is 0.228 e. The lowest BCUT2D eigenvalue weighted by atomic mass is 10.1. The lowest BCUT2D eigenvalue weighted by Crippen LogP contribution is -2.31. The predicted molar refractivity (Wildman–Crippen MR) is 83.5 cm³/mol. The van der Waals surface area contributed by atoms with Crippen molar-refractivity contribution in [3.05, 3.63) is 34.4 Å². The van der Waals surface area contributed by atoms with Crippen LogP contribution in [0.4, 0.5) is 4.39 Å². The maximum absolute atomic E-state index is 13.1. The summed E-state index contributed by atoms with van der Waals surface area (Å²) in [4.78, 5) is 4.40. The van der Waals surface area contributed by atoms with Gasteiger partial charge < -0.3 is 9.84 Å². The minimum absolute atomic E-state index is 0.302. The smallest absolute Gasteiger partial charge is 0.228 e. The fourth-order valence-electron chi connectivity index (χ4n) is 2.04. The van der Waals surface area contributed by atoms with Gasteiger partial charge in [-0.1, -0.05) is 19.0 Å². The summed E-state index contributed by atoms with van der Waals surface area (Å²) in [5.74, 6) is 0.767. The maximum atomic E-state index is 13.1. The molecule has 114 valence electrons. The topological polar surface area (TPSA) is 51.0 Å². The molecule has 1 unspecified atom stereocenters. The number of hydrogen-bond acceptors (Lipinski definition) is 4.